The number of nitrogens with zero attached hydrogens (tertiary/aromatic N) is 1. The Labute approximate surface area is 183 Å². The molecule has 0 spiro atoms. The number of halogens is 2. The van der Waals surface area contributed by atoms with Crippen LogP contribution in [0.15, 0.2) is 78.5 Å². The molecule has 5 nitrogen and oxygen atoms in total. The summed E-state index contributed by atoms with van der Waals surface area (Å²) in [5.74, 6) is -1.03. The van der Waals surface area contributed by atoms with Crippen LogP contribution < -0.4 is 15.0 Å². The van der Waals surface area contributed by atoms with Gasteiger partial charge in [0.15, 0.2) is 0 Å². The van der Waals surface area contributed by atoms with E-state index in [1.807, 2.05) is 13.0 Å². The van der Waals surface area contributed by atoms with Gasteiger partial charge in [-0.1, -0.05) is 48.0 Å². The number of hydrogen-bond acceptors (Lipinski definition) is 4. The number of para-hydroxylation sites is 3. The van der Waals surface area contributed by atoms with Gasteiger partial charge in [-0.15, -0.1) is 0 Å². The van der Waals surface area contributed by atoms with Crippen LogP contribution in [0.5, 0.6) is 5.75 Å². The van der Waals surface area contributed by atoms with E-state index in [1.165, 1.54) is 24.3 Å². The average molecular weight is 437 g/mol. The van der Waals surface area contributed by atoms with E-state index in [0.717, 1.165) is 4.90 Å². The molecule has 3 aromatic rings. The maximum absolute atomic E-state index is 13.5. The van der Waals surface area contributed by atoms with Gasteiger partial charge in [0.25, 0.3) is 11.8 Å². The standard InChI is InChI=1S/C24H18ClFN2O3/c1-2-31-20-10-6-4-8-18(20)27-22-21(15-11-13-16(26)14-12-15)23(29)28(24(22)30)19-9-5-3-7-17(19)25/h3-14,27H,2H2,1H3. The highest BCUT2D eigenvalue weighted by atomic mass is 35.5. The maximum atomic E-state index is 13.5. The van der Waals surface area contributed by atoms with Gasteiger partial charge < -0.3 is 10.1 Å². The van der Waals surface area contributed by atoms with Crippen molar-refractivity contribution in [1.29, 1.82) is 0 Å². The summed E-state index contributed by atoms with van der Waals surface area (Å²) in [4.78, 5) is 27.8. The quantitative estimate of drug-likeness (QED) is 0.534. The van der Waals surface area contributed by atoms with Crippen molar-refractivity contribution in [2.24, 2.45) is 0 Å². The molecule has 0 aliphatic carbocycles. The second-order valence-corrected chi connectivity index (χ2v) is 7.12. The van der Waals surface area contributed by atoms with Gasteiger partial charge >= 0.3 is 0 Å². The third-order valence-corrected chi connectivity index (χ3v) is 5.08. The molecule has 0 fully saturated rings. The number of carbonyl (C=O) groups is 2. The lowest BCUT2D eigenvalue weighted by Gasteiger charge is -2.17. The van der Waals surface area contributed by atoms with Crippen molar-refractivity contribution in [3.8, 4) is 5.75 Å². The first-order valence-electron chi connectivity index (χ1n) is 9.63. The monoisotopic (exact) mass is 436 g/mol. The largest absolute Gasteiger partial charge is 0.492 e. The Morgan fingerprint density at radius 1 is 0.935 bits per heavy atom. The first-order valence-corrected chi connectivity index (χ1v) is 10.0. The number of benzene rings is 3. The van der Waals surface area contributed by atoms with Crippen molar-refractivity contribution >= 4 is 40.4 Å². The van der Waals surface area contributed by atoms with Gasteiger partial charge in [0.05, 0.1) is 28.6 Å². The summed E-state index contributed by atoms with van der Waals surface area (Å²) < 4.78 is 19.1. The van der Waals surface area contributed by atoms with Crippen molar-refractivity contribution in [1.82, 2.24) is 0 Å². The van der Waals surface area contributed by atoms with E-state index in [0.29, 0.717) is 23.6 Å². The molecule has 156 valence electrons. The van der Waals surface area contributed by atoms with Crippen LogP contribution in [0, 0.1) is 5.82 Å². The van der Waals surface area contributed by atoms with Crippen LogP contribution in [-0.2, 0) is 9.59 Å². The second-order valence-electron chi connectivity index (χ2n) is 6.71. The van der Waals surface area contributed by atoms with Gasteiger partial charge in [-0.2, -0.15) is 0 Å². The number of amides is 2. The molecule has 0 bridgehead atoms. The van der Waals surface area contributed by atoms with E-state index < -0.39 is 17.6 Å². The van der Waals surface area contributed by atoms with Crippen LogP contribution in [0.1, 0.15) is 12.5 Å². The molecule has 2 amide bonds. The Hall–Kier alpha value is -3.64. The average Bonchev–Trinajstić information content (AvgIpc) is 3.00. The smallest absolute Gasteiger partial charge is 0.282 e. The molecule has 1 N–H and O–H groups in total. The van der Waals surface area contributed by atoms with Crippen molar-refractivity contribution in [3.05, 3.63) is 94.9 Å². The predicted molar refractivity (Wildman–Crippen MR) is 118 cm³/mol. The van der Waals surface area contributed by atoms with Crippen LogP contribution in [0.25, 0.3) is 5.57 Å². The zero-order chi connectivity index (χ0) is 22.0. The molecule has 31 heavy (non-hydrogen) atoms. The zero-order valence-corrected chi connectivity index (χ0v) is 17.3. The van der Waals surface area contributed by atoms with Gasteiger partial charge in [0, 0.05) is 0 Å². The predicted octanol–water partition coefficient (Wildman–Crippen LogP) is 5.27. The summed E-state index contributed by atoms with van der Waals surface area (Å²) in [7, 11) is 0. The third kappa shape index (κ3) is 3.90. The first kappa shape index (κ1) is 20.6. The van der Waals surface area contributed by atoms with E-state index in [1.54, 1.807) is 42.5 Å². The normalized spacial score (nSPS) is 13.7. The van der Waals surface area contributed by atoms with Gasteiger partial charge in [-0.05, 0) is 48.9 Å². The Balaban J connectivity index is 1.84. The second kappa shape index (κ2) is 8.62. The third-order valence-electron chi connectivity index (χ3n) is 4.76. The van der Waals surface area contributed by atoms with E-state index in [9.17, 15) is 14.0 Å². The summed E-state index contributed by atoms with van der Waals surface area (Å²) >= 11 is 6.27. The summed E-state index contributed by atoms with van der Waals surface area (Å²) in [5, 5.41) is 3.33. The molecule has 1 aliphatic heterocycles. The Bertz CT molecular complexity index is 1190. The van der Waals surface area contributed by atoms with Crippen molar-refractivity contribution in [2.45, 2.75) is 6.92 Å². The van der Waals surface area contributed by atoms with Crippen LogP contribution in [-0.4, -0.2) is 18.4 Å². The number of anilines is 2. The minimum atomic E-state index is -0.566. The number of imide groups is 1. The molecule has 1 aliphatic rings. The van der Waals surface area contributed by atoms with Crippen LogP contribution in [0.2, 0.25) is 5.02 Å². The topological polar surface area (TPSA) is 58.6 Å². The molecular weight excluding hydrogens is 419 g/mol. The molecule has 4 rings (SSSR count). The molecule has 0 unspecified atom stereocenters. The lowest BCUT2D eigenvalue weighted by Crippen LogP contribution is -2.32. The SMILES string of the molecule is CCOc1ccccc1NC1=C(c2ccc(F)cc2)C(=O)N(c2ccccc2Cl)C1=O. The van der Waals surface area contributed by atoms with E-state index in [4.69, 9.17) is 16.3 Å². The summed E-state index contributed by atoms with van der Waals surface area (Å²) in [6.07, 6.45) is 0. The first-order chi connectivity index (χ1) is 15.0. The van der Waals surface area contributed by atoms with Crippen molar-refractivity contribution < 1.29 is 18.7 Å². The van der Waals surface area contributed by atoms with Gasteiger partial charge in [-0.25, -0.2) is 9.29 Å². The number of carbonyl (C=O) groups excluding carboxylic acids is 2. The number of ether oxygens (including phenoxy) is 1. The van der Waals surface area contributed by atoms with E-state index in [2.05, 4.69) is 5.32 Å². The minimum absolute atomic E-state index is 0.0590. The fourth-order valence-electron chi connectivity index (χ4n) is 3.37. The molecule has 0 aromatic heterocycles. The lowest BCUT2D eigenvalue weighted by molar-refractivity contribution is -0.120. The summed E-state index contributed by atoms with van der Waals surface area (Å²) in [5.41, 5.74) is 1.39. The zero-order valence-electron chi connectivity index (χ0n) is 16.6. The maximum Gasteiger partial charge on any atom is 0.282 e. The highest BCUT2D eigenvalue weighted by molar-refractivity contribution is 6.48. The van der Waals surface area contributed by atoms with Crippen molar-refractivity contribution in [3.63, 3.8) is 0 Å². The minimum Gasteiger partial charge on any atom is -0.492 e. The van der Waals surface area contributed by atoms with Crippen LogP contribution >= 0.6 is 11.6 Å². The van der Waals surface area contributed by atoms with Gasteiger partial charge in [0.1, 0.15) is 17.3 Å². The van der Waals surface area contributed by atoms with Crippen LogP contribution in [0.4, 0.5) is 15.8 Å². The molecular formula is C24H18ClFN2O3. The molecule has 0 atom stereocenters. The molecule has 0 saturated heterocycles. The van der Waals surface area contributed by atoms with E-state index >= 15 is 0 Å². The highest BCUT2D eigenvalue weighted by Crippen LogP contribution is 2.37. The summed E-state index contributed by atoms with van der Waals surface area (Å²) in [6.45, 7) is 2.28. The molecule has 1 heterocycles. The molecule has 0 radical (unpaired) electrons. The molecule has 7 heteroatoms. The van der Waals surface area contributed by atoms with Crippen LogP contribution in [0.3, 0.4) is 0 Å². The van der Waals surface area contributed by atoms with Gasteiger partial charge in [0.2, 0.25) is 0 Å². The highest BCUT2D eigenvalue weighted by Gasteiger charge is 2.41. The lowest BCUT2D eigenvalue weighted by atomic mass is 10.0. The molecule has 3 aromatic carbocycles. The fraction of sp³-hybridized carbons (Fsp3) is 0.0833. The molecule has 0 saturated carbocycles. The Kier molecular flexibility index (Phi) is 5.73. The summed E-state index contributed by atoms with van der Waals surface area (Å²) in [6, 6.07) is 19.1. The van der Waals surface area contributed by atoms with Crippen molar-refractivity contribution in [2.75, 3.05) is 16.8 Å². The number of rotatable bonds is 6. The van der Waals surface area contributed by atoms with Gasteiger partial charge in [-0.3, -0.25) is 9.59 Å². The number of hydrogen-bond donors (Lipinski definition) is 1. The fourth-order valence-corrected chi connectivity index (χ4v) is 3.59. The number of nitrogens with one attached hydrogen (secondary N) is 1. The Morgan fingerprint density at radius 3 is 2.32 bits per heavy atom. The Morgan fingerprint density at radius 2 is 1.61 bits per heavy atom. The van der Waals surface area contributed by atoms with E-state index in [-0.39, 0.29) is 22.0 Å².